The molecule has 2 rings (SSSR count). The van der Waals surface area contributed by atoms with Crippen LogP contribution in [0.15, 0.2) is 6.20 Å². The molecule has 0 aliphatic heterocycles. The maximum atomic E-state index is 12.1. The Morgan fingerprint density at radius 2 is 2.24 bits per heavy atom. The van der Waals surface area contributed by atoms with Crippen molar-refractivity contribution in [2.24, 2.45) is 5.73 Å². The Balaban J connectivity index is 1.91. The van der Waals surface area contributed by atoms with Gasteiger partial charge in [0, 0.05) is 17.8 Å². The Morgan fingerprint density at radius 3 is 2.82 bits per heavy atom. The Labute approximate surface area is 101 Å². The van der Waals surface area contributed by atoms with Gasteiger partial charge in [0.25, 0.3) is 0 Å². The van der Waals surface area contributed by atoms with Gasteiger partial charge >= 0.3 is 0 Å². The Morgan fingerprint density at radius 1 is 1.53 bits per heavy atom. The molecule has 1 aromatic heterocycles. The van der Waals surface area contributed by atoms with E-state index in [0.29, 0.717) is 6.54 Å². The van der Waals surface area contributed by atoms with Gasteiger partial charge in [-0.25, -0.2) is 0 Å². The molecule has 1 amide bonds. The van der Waals surface area contributed by atoms with Gasteiger partial charge in [0.2, 0.25) is 5.91 Å². The van der Waals surface area contributed by atoms with Gasteiger partial charge in [0.1, 0.15) is 0 Å². The lowest BCUT2D eigenvalue weighted by Crippen LogP contribution is -2.54. The van der Waals surface area contributed by atoms with Crippen LogP contribution in [0, 0.1) is 6.92 Å². The van der Waals surface area contributed by atoms with E-state index in [1.54, 1.807) is 6.20 Å². The first-order valence-electron chi connectivity index (χ1n) is 6.18. The summed E-state index contributed by atoms with van der Waals surface area (Å²) in [6.07, 6.45) is 6.61. The molecule has 5 nitrogen and oxygen atoms in total. The van der Waals surface area contributed by atoms with Gasteiger partial charge < -0.3 is 11.1 Å². The van der Waals surface area contributed by atoms with E-state index in [4.69, 9.17) is 5.73 Å². The Bertz CT molecular complexity index is 393. The molecule has 94 valence electrons. The smallest absolute Gasteiger partial charge is 0.240 e. The summed E-state index contributed by atoms with van der Waals surface area (Å²) in [7, 11) is 0. The maximum absolute atomic E-state index is 12.1. The second-order valence-corrected chi connectivity index (χ2v) is 4.92. The van der Waals surface area contributed by atoms with Gasteiger partial charge in [-0.05, 0) is 19.8 Å². The van der Waals surface area contributed by atoms with Crippen LogP contribution in [-0.2, 0) is 11.3 Å². The summed E-state index contributed by atoms with van der Waals surface area (Å²) >= 11 is 0. The first-order valence-corrected chi connectivity index (χ1v) is 6.18. The van der Waals surface area contributed by atoms with Crippen LogP contribution in [0.5, 0.6) is 0 Å². The van der Waals surface area contributed by atoms with E-state index < -0.39 is 5.54 Å². The monoisotopic (exact) mass is 236 g/mol. The minimum Gasteiger partial charge on any atom is -0.350 e. The molecule has 4 N–H and O–H groups in total. The summed E-state index contributed by atoms with van der Waals surface area (Å²) in [6, 6.07) is 0. The average molecular weight is 236 g/mol. The van der Waals surface area contributed by atoms with Crippen LogP contribution in [0.1, 0.15) is 43.4 Å². The van der Waals surface area contributed by atoms with E-state index in [1.165, 1.54) is 6.42 Å². The number of aromatic amines is 1. The number of nitrogens with zero attached hydrogens (tertiary/aromatic N) is 1. The molecular formula is C12H20N4O. The molecule has 5 heteroatoms. The predicted molar refractivity (Wildman–Crippen MR) is 65.2 cm³/mol. The number of aromatic nitrogens is 2. The van der Waals surface area contributed by atoms with E-state index in [2.05, 4.69) is 15.5 Å². The molecule has 0 saturated heterocycles. The third-order valence-corrected chi connectivity index (χ3v) is 3.57. The van der Waals surface area contributed by atoms with Crippen LogP contribution < -0.4 is 11.1 Å². The number of carbonyl (C=O) groups excluding carboxylic acids is 1. The van der Waals surface area contributed by atoms with Gasteiger partial charge in [-0.15, -0.1) is 0 Å². The quantitative estimate of drug-likeness (QED) is 0.732. The first kappa shape index (κ1) is 12.1. The molecule has 1 aliphatic carbocycles. The zero-order valence-corrected chi connectivity index (χ0v) is 10.3. The van der Waals surface area contributed by atoms with Gasteiger partial charge in [-0.1, -0.05) is 19.3 Å². The van der Waals surface area contributed by atoms with Crippen molar-refractivity contribution in [3.63, 3.8) is 0 Å². The van der Waals surface area contributed by atoms with Crippen molar-refractivity contribution in [3.8, 4) is 0 Å². The highest BCUT2D eigenvalue weighted by Crippen LogP contribution is 2.26. The molecule has 1 aliphatic rings. The summed E-state index contributed by atoms with van der Waals surface area (Å²) in [5, 5.41) is 9.68. The molecule has 0 unspecified atom stereocenters. The van der Waals surface area contributed by atoms with Crippen LogP contribution in [0.3, 0.4) is 0 Å². The predicted octanol–water partition coefficient (Wildman–Crippen LogP) is 0.996. The number of nitrogens with one attached hydrogen (secondary N) is 2. The third-order valence-electron chi connectivity index (χ3n) is 3.57. The van der Waals surface area contributed by atoms with Crippen molar-refractivity contribution in [1.82, 2.24) is 15.5 Å². The van der Waals surface area contributed by atoms with E-state index in [-0.39, 0.29) is 5.91 Å². The summed E-state index contributed by atoms with van der Waals surface area (Å²) in [5.74, 6) is -0.0298. The van der Waals surface area contributed by atoms with Crippen LogP contribution in [-0.4, -0.2) is 21.6 Å². The molecule has 1 fully saturated rings. The molecule has 1 aromatic rings. The highest BCUT2D eigenvalue weighted by atomic mass is 16.2. The summed E-state index contributed by atoms with van der Waals surface area (Å²) in [6.45, 7) is 2.44. The highest BCUT2D eigenvalue weighted by molar-refractivity contribution is 5.86. The average Bonchev–Trinajstić information content (AvgIpc) is 2.73. The molecule has 0 bridgehead atoms. The Hall–Kier alpha value is -1.36. The lowest BCUT2D eigenvalue weighted by atomic mass is 9.82. The number of amides is 1. The lowest BCUT2D eigenvalue weighted by Gasteiger charge is -2.31. The standard InChI is InChI=1S/C12H20N4O/c1-9-10(8-15-16-9)7-14-11(17)12(13)5-3-2-4-6-12/h8H,2-7,13H2,1H3,(H,14,17)(H,15,16). The number of carbonyl (C=O) groups is 1. The van der Waals surface area contributed by atoms with Gasteiger partial charge in [-0.3, -0.25) is 9.89 Å². The molecular weight excluding hydrogens is 216 g/mol. The number of aryl methyl sites for hydroxylation is 1. The summed E-state index contributed by atoms with van der Waals surface area (Å²) < 4.78 is 0. The largest absolute Gasteiger partial charge is 0.350 e. The van der Waals surface area contributed by atoms with Crippen molar-refractivity contribution in [2.45, 2.75) is 51.1 Å². The molecule has 0 atom stereocenters. The van der Waals surface area contributed by atoms with Crippen molar-refractivity contribution in [2.75, 3.05) is 0 Å². The first-order chi connectivity index (χ1) is 8.12. The SMILES string of the molecule is Cc1[nH]ncc1CNC(=O)C1(N)CCCCC1. The van der Waals surface area contributed by atoms with E-state index in [0.717, 1.165) is 36.9 Å². The number of rotatable bonds is 3. The van der Waals surface area contributed by atoms with Crippen molar-refractivity contribution in [3.05, 3.63) is 17.5 Å². The van der Waals surface area contributed by atoms with Crippen LogP contribution in [0.25, 0.3) is 0 Å². The fourth-order valence-electron chi connectivity index (χ4n) is 2.32. The fourth-order valence-corrected chi connectivity index (χ4v) is 2.32. The van der Waals surface area contributed by atoms with Crippen LogP contribution in [0.4, 0.5) is 0 Å². The van der Waals surface area contributed by atoms with E-state index in [1.807, 2.05) is 6.92 Å². The molecule has 17 heavy (non-hydrogen) atoms. The summed E-state index contributed by atoms with van der Waals surface area (Å²) in [4.78, 5) is 12.1. The van der Waals surface area contributed by atoms with E-state index in [9.17, 15) is 4.79 Å². The number of H-pyrrole nitrogens is 1. The zero-order valence-electron chi connectivity index (χ0n) is 10.3. The van der Waals surface area contributed by atoms with Gasteiger partial charge in [0.15, 0.2) is 0 Å². The molecule has 0 aromatic carbocycles. The molecule has 1 saturated carbocycles. The summed E-state index contributed by atoms with van der Waals surface area (Å²) in [5.41, 5.74) is 7.49. The number of nitrogens with two attached hydrogens (primary N) is 1. The van der Waals surface area contributed by atoms with Crippen molar-refractivity contribution >= 4 is 5.91 Å². The molecule has 0 spiro atoms. The van der Waals surface area contributed by atoms with Crippen LogP contribution in [0.2, 0.25) is 0 Å². The normalized spacial score (nSPS) is 18.9. The van der Waals surface area contributed by atoms with E-state index >= 15 is 0 Å². The minimum atomic E-state index is -0.657. The molecule has 1 heterocycles. The number of hydrogen-bond donors (Lipinski definition) is 3. The van der Waals surface area contributed by atoms with Crippen molar-refractivity contribution in [1.29, 1.82) is 0 Å². The maximum Gasteiger partial charge on any atom is 0.240 e. The zero-order chi connectivity index (χ0) is 12.3. The van der Waals surface area contributed by atoms with Crippen LogP contribution >= 0.6 is 0 Å². The lowest BCUT2D eigenvalue weighted by molar-refractivity contribution is -0.127. The molecule has 0 radical (unpaired) electrons. The van der Waals surface area contributed by atoms with Crippen molar-refractivity contribution < 1.29 is 4.79 Å². The third kappa shape index (κ3) is 2.66. The second-order valence-electron chi connectivity index (χ2n) is 4.92. The number of hydrogen-bond acceptors (Lipinski definition) is 3. The topological polar surface area (TPSA) is 83.8 Å². The van der Waals surface area contributed by atoms with Gasteiger partial charge in [-0.2, -0.15) is 5.10 Å². The Kier molecular flexibility index (Phi) is 3.47. The minimum absolute atomic E-state index is 0.0298. The second kappa shape index (κ2) is 4.87. The van der Waals surface area contributed by atoms with Gasteiger partial charge in [0.05, 0.1) is 11.7 Å². The fraction of sp³-hybridized carbons (Fsp3) is 0.667. The highest BCUT2D eigenvalue weighted by Gasteiger charge is 2.34.